The summed E-state index contributed by atoms with van der Waals surface area (Å²) in [5.41, 5.74) is 5.64. The SMILES string of the molecule is CCc1ccccc1CNc1nc(N2CC(C)OC(C)C2)nc2nc(N3CC(C)OC(C)C3)c(-c3ccccc3)nc12. The smallest absolute Gasteiger partial charge is 0.229 e. The van der Waals surface area contributed by atoms with Gasteiger partial charge in [-0.2, -0.15) is 9.97 Å². The monoisotopic (exact) mass is 567 g/mol. The normalized spacial score (nSPS) is 22.9. The molecular formula is C33H41N7O2. The molecule has 2 fully saturated rings. The average molecular weight is 568 g/mol. The van der Waals surface area contributed by atoms with E-state index >= 15 is 0 Å². The summed E-state index contributed by atoms with van der Waals surface area (Å²) in [6.07, 6.45) is 1.30. The molecule has 0 aliphatic carbocycles. The summed E-state index contributed by atoms with van der Waals surface area (Å²) in [7, 11) is 0. The lowest BCUT2D eigenvalue weighted by Crippen LogP contribution is -2.46. The quantitative estimate of drug-likeness (QED) is 0.311. The minimum Gasteiger partial charge on any atom is -0.372 e. The molecule has 0 saturated carbocycles. The molecule has 2 aromatic carbocycles. The highest BCUT2D eigenvalue weighted by Gasteiger charge is 2.29. The van der Waals surface area contributed by atoms with Crippen molar-refractivity contribution in [2.24, 2.45) is 0 Å². The molecule has 2 aliphatic heterocycles. The fourth-order valence-corrected chi connectivity index (χ4v) is 6.15. The third-order valence-corrected chi connectivity index (χ3v) is 7.92. The van der Waals surface area contributed by atoms with E-state index in [9.17, 15) is 0 Å². The molecule has 42 heavy (non-hydrogen) atoms. The van der Waals surface area contributed by atoms with Gasteiger partial charge in [-0.05, 0) is 45.2 Å². The van der Waals surface area contributed by atoms with Crippen LogP contribution >= 0.6 is 0 Å². The lowest BCUT2D eigenvalue weighted by atomic mass is 10.1. The summed E-state index contributed by atoms with van der Waals surface area (Å²) in [5.74, 6) is 2.16. The molecule has 2 aromatic heterocycles. The third kappa shape index (κ3) is 6.03. The van der Waals surface area contributed by atoms with Gasteiger partial charge in [0.25, 0.3) is 0 Å². The van der Waals surface area contributed by atoms with Crippen molar-refractivity contribution in [2.75, 3.05) is 41.3 Å². The van der Waals surface area contributed by atoms with Crippen molar-refractivity contribution in [3.05, 3.63) is 65.7 Å². The van der Waals surface area contributed by atoms with Gasteiger partial charge in [-0.3, -0.25) is 0 Å². The number of aryl methyl sites for hydroxylation is 1. The Labute approximate surface area is 248 Å². The molecule has 0 bridgehead atoms. The fraction of sp³-hybridized carbons (Fsp3) is 0.455. The molecule has 0 amide bonds. The highest BCUT2D eigenvalue weighted by atomic mass is 16.5. The second-order valence-corrected chi connectivity index (χ2v) is 11.6. The molecule has 4 unspecified atom stereocenters. The summed E-state index contributed by atoms with van der Waals surface area (Å²) >= 11 is 0. The van der Waals surface area contributed by atoms with E-state index in [2.05, 4.69) is 86.1 Å². The number of benzene rings is 2. The number of aromatic nitrogens is 4. The first kappa shape index (κ1) is 28.3. The molecule has 1 N–H and O–H groups in total. The summed E-state index contributed by atoms with van der Waals surface area (Å²) in [6.45, 7) is 14.1. The van der Waals surface area contributed by atoms with Crippen LogP contribution in [0.3, 0.4) is 0 Å². The van der Waals surface area contributed by atoms with Crippen molar-refractivity contribution < 1.29 is 9.47 Å². The van der Waals surface area contributed by atoms with Crippen molar-refractivity contribution in [2.45, 2.75) is 72.0 Å². The number of fused-ring (bicyclic) bond motifs is 1. The van der Waals surface area contributed by atoms with Gasteiger partial charge in [0.2, 0.25) is 5.95 Å². The average Bonchev–Trinajstić information content (AvgIpc) is 2.98. The van der Waals surface area contributed by atoms with E-state index in [0.29, 0.717) is 29.5 Å². The van der Waals surface area contributed by atoms with Crippen LogP contribution in [0.4, 0.5) is 17.6 Å². The van der Waals surface area contributed by atoms with E-state index < -0.39 is 0 Å². The molecule has 9 heteroatoms. The standard InChI is InChI=1S/C33H41N7O2/c1-6-25-12-10-11-15-27(25)16-34-30-29-31(38-33(37-30)40-19-23(4)42-24(5)20-40)36-32(39-17-21(2)41-22(3)18-39)28(35-29)26-13-8-7-9-14-26/h7-15,21-24H,6,16-20H2,1-5H3,(H,34,36,37,38). The summed E-state index contributed by atoms with van der Waals surface area (Å²) < 4.78 is 12.1. The van der Waals surface area contributed by atoms with Crippen LogP contribution in [0.25, 0.3) is 22.4 Å². The van der Waals surface area contributed by atoms with Gasteiger partial charge >= 0.3 is 0 Å². The summed E-state index contributed by atoms with van der Waals surface area (Å²) in [4.78, 5) is 25.1. The number of nitrogens with zero attached hydrogens (tertiary/aromatic N) is 6. The molecule has 0 spiro atoms. The lowest BCUT2D eigenvalue weighted by molar-refractivity contribution is -0.00580. The number of nitrogens with one attached hydrogen (secondary N) is 1. The van der Waals surface area contributed by atoms with Crippen molar-refractivity contribution in [3.63, 3.8) is 0 Å². The number of morpholine rings is 2. The Kier molecular flexibility index (Phi) is 8.22. The zero-order chi connectivity index (χ0) is 29.2. The third-order valence-electron chi connectivity index (χ3n) is 7.92. The first-order valence-corrected chi connectivity index (χ1v) is 15.1. The maximum absolute atomic E-state index is 6.06. The summed E-state index contributed by atoms with van der Waals surface area (Å²) in [6, 6.07) is 18.8. The van der Waals surface area contributed by atoms with Crippen molar-refractivity contribution in [3.8, 4) is 11.3 Å². The van der Waals surface area contributed by atoms with Crippen LogP contribution in [0.2, 0.25) is 0 Å². The van der Waals surface area contributed by atoms with E-state index in [4.69, 9.17) is 29.4 Å². The predicted molar refractivity (Wildman–Crippen MR) is 168 cm³/mol. The molecule has 220 valence electrons. The molecule has 4 heterocycles. The van der Waals surface area contributed by atoms with Crippen molar-refractivity contribution in [1.82, 2.24) is 19.9 Å². The van der Waals surface area contributed by atoms with Gasteiger partial charge in [-0.1, -0.05) is 61.5 Å². The number of hydrogen-bond donors (Lipinski definition) is 1. The van der Waals surface area contributed by atoms with E-state index in [1.54, 1.807) is 0 Å². The zero-order valence-electron chi connectivity index (χ0n) is 25.2. The van der Waals surface area contributed by atoms with Crippen molar-refractivity contribution in [1.29, 1.82) is 0 Å². The number of hydrogen-bond acceptors (Lipinski definition) is 9. The van der Waals surface area contributed by atoms with Crippen LogP contribution in [-0.2, 0) is 22.4 Å². The molecule has 4 aromatic rings. The second-order valence-electron chi connectivity index (χ2n) is 11.6. The predicted octanol–water partition coefficient (Wildman–Crippen LogP) is 5.49. The van der Waals surface area contributed by atoms with E-state index in [0.717, 1.165) is 49.7 Å². The molecule has 6 rings (SSSR count). The van der Waals surface area contributed by atoms with Gasteiger partial charge in [0.1, 0.15) is 5.69 Å². The Hall–Kier alpha value is -3.82. The molecular weight excluding hydrogens is 526 g/mol. The van der Waals surface area contributed by atoms with Gasteiger partial charge in [-0.15, -0.1) is 0 Å². The fourth-order valence-electron chi connectivity index (χ4n) is 6.15. The Bertz CT molecular complexity index is 1510. The Morgan fingerprint density at radius 2 is 1.31 bits per heavy atom. The van der Waals surface area contributed by atoms with E-state index in [1.165, 1.54) is 11.1 Å². The maximum Gasteiger partial charge on any atom is 0.229 e. The van der Waals surface area contributed by atoms with E-state index in [1.807, 2.05) is 18.2 Å². The van der Waals surface area contributed by atoms with Crippen LogP contribution in [-0.4, -0.2) is 70.5 Å². The molecule has 2 saturated heterocycles. The zero-order valence-corrected chi connectivity index (χ0v) is 25.2. The Balaban J connectivity index is 1.50. The molecule has 9 nitrogen and oxygen atoms in total. The number of rotatable bonds is 7. The second kappa shape index (κ2) is 12.2. The van der Waals surface area contributed by atoms with Gasteiger partial charge in [0, 0.05) is 38.3 Å². The highest BCUT2D eigenvalue weighted by molar-refractivity contribution is 5.89. The lowest BCUT2D eigenvalue weighted by Gasteiger charge is -2.37. The number of anilines is 3. The van der Waals surface area contributed by atoms with Crippen LogP contribution < -0.4 is 15.1 Å². The minimum atomic E-state index is 0.0827. The van der Waals surface area contributed by atoms with Crippen molar-refractivity contribution >= 4 is 28.7 Å². The molecule has 0 radical (unpaired) electrons. The first-order chi connectivity index (χ1) is 20.4. The molecule has 4 atom stereocenters. The Morgan fingerprint density at radius 1 is 0.714 bits per heavy atom. The number of ether oxygens (including phenoxy) is 2. The van der Waals surface area contributed by atoms with Gasteiger partial charge in [-0.25, -0.2) is 9.97 Å². The maximum atomic E-state index is 6.06. The van der Waals surface area contributed by atoms with E-state index in [-0.39, 0.29) is 24.4 Å². The minimum absolute atomic E-state index is 0.0827. The topological polar surface area (TPSA) is 88.5 Å². The highest BCUT2D eigenvalue weighted by Crippen LogP contribution is 2.34. The summed E-state index contributed by atoms with van der Waals surface area (Å²) in [5, 5.41) is 3.63. The van der Waals surface area contributed by atoms with Gasteiger partial charge in [0.15, 0.2) is 22.8 Å². The van der Waals surface area contributed by atoms with Crippen LogP contribution in [0.5, 0.6) is 0 Å². The van der Waals surface area contributed by atoms with Crippen LogP contribution in [0, 0.1) is 0 Å². The first-order valence-electron chi connectivity index (χ1n) is 15.1. The largest absolute Gasteiger partial charge is 0.372 e. The Morgan fingerprint density at radius 3 is 1.95 bits per heavy atom. The van der Waals surface area contributed by atoms with Gasteiger partial charge < -0.3 is 24.6 Å². The molecule has 2 aliphatic rings. The van der Waals surface area contributed by atoms with Crippen LogP contribution in [0.15, 0.2) is 54.6 Å². The van der Waals surface area contributed by atoms with Crippen LogP contribution in [0.1, 0.15) is 45.7 Å². The van der Waals surface area contributed by atoms with Gasteiger partial charge in [0.05, 0.1) is 24.4 Å².